The molecule has 166 valence electrons. The highest BCUT2D eigenvalue weighted by Gasteiger charge is 2.57. The quantitative estimate of drug-likeness (QED) is 0.536. The number of carbonyl (C=O) groups excluding carboxylic acids is 3. The van der Waals surface area contributed by atoms with Gasteiger partial charge in [-0.15, -0.1) is 0 Å². The molecule has 0 radical (unpaired) electrons. The Morgan fingerprint density at radius 1 is 1.07 bits per heavy atom. The molecule has 0 saturated heterocycles. The number of hydrogen-bond acceptors (Lipinski definition) is 6. The van der Waals surface area contributed by atoms with Crippen LogP contribution in [0.3, 0.4) is 0 Å². The molecule has 6 nitrogen and oxygen atoms in total. The highest BCUT2D eigenvalue weighted by atomic mass is 19.1. The molecule has 1 aromatic carbocycles. The number of carbonyl (C=O) groups is 3. The molecule has 7 heteroatoms. The van der Waals surface area contributed by atoms with Crippen molar-refractivity contribution in [2.45, 2.75) is 52.6 Å². The van der Waals surface area contributed by atoms with Crippen molar-refractivity contribution in [1.82, 2.24) is 0 Å². The lowest BCUT2D eigenvalue weighted by Gasteiger charge is -2.43. The van der Waals surface area contributed by atoms with Crippen LogP contribution < -0.4 is 0 Å². The van der Waals surface area contributed by atoms with Crippen molar-refractivity contribution < 1.29 is 33.4 Å². The van der Waals surface area contributed by atoms with Gasteiger partial charge in [-0.05, 0) is 36.5 Å². The van der Waals surface area contributed by atoms with Crippen LogP contribution in [0, 0.1) is 29.5 Å². The van der Waals surface area contributed by atoms with E-state index in [1.807, 2.05) is 27.7 Å². The monoisotopic (exact) mass is 422 g/mol. The van der Waals surface area contributed by atoms with Gasteiger partial charge in [-0.3, -0.25) is 14.4 Å². The fourth-order valence-electron chi connectivity index (χ4n) is 3.78. The molecule has 1 N–H and O–H groups in total. The minimum Gasteiger partial charge on any atom is -0.465 e. The van der Waals surface area contributed by atoms with Gasteiger partial charge in [0, 0.05) is 12.3 Å². The lowest BCUT2D eigenvalue weighted by molar-refractivity contribution is -0.173. The Kier molecular flexibility index (Phi) is 7.75. The largest absolute Gasteiger partial charge is 0.465 e. The van der Waals surface area contributed by atoms with Crippen LogP contribution in [0.2, 0.25) is 0 Å². The standard InChI is InChI=1S/C23H31FO6/c1-13(2)11-29-21(26)19-17(25)10-23(5,28)20(22(27)30-12-14(3)4)18(19)15-6-8-16(24)9-7-15/h6-9,13-14,18-20,28H,10-12H2,1-5H3/t18-,19+,20-,23+/m1/s1. The van der Waals surface area contributed by atoms with E-state index in [1.54, 1.807) is 0 Å². The highest BCUT2D eigenvalue weighted by molar-refractivity contribution is 6.02. The lowest BCUT2D eigenvalue weighted by Crippen LogP contribution is -2.55. The Labute approximate surface area is 176 Å². The number of halogens is 1. The summed E-state index contributed by atoms with van der Waals surface area (Å²) in [6.45, 7) is 9.13. The van der Waals surface area contributed by atoms with Crippen molar-refractivity contribution >= 4 is 17.7 Å². The Balaban J connectivity index is 2.51. The van der Waals surface area contributed by atoms with E-state index in [2.05, 4.69) is 0 Å². The summed E-state index contributed by atoms with van der Waals surface area (Å²) in [7, 11) is 0. The maximum atomic E-state index is 13.5. The number of aliphatic hydroxyl groups is 1. The first-order valence-electron chi connectivity index (χ1n) is 10.3. The molecule has 0 heterocycles. The topological polar surface area (TPSA) is 89.9 Å². The predicted molar refractivity (Wildman–Crippen MR) is 108 cm³/mol. The minimum atomic E-state index is -1.72. The second-order valence-electron chi connectivity index (χ2n) is 9.08. The number of benzene rings is 1. The summed E-state index contributed by atoms with van der Waals surface area (Å²) in [4.78, 5) is 38.7. The van der Waals surface area contributed by atoms with Gasteiger partial charge in [-0.25, -0.2) is 4.39 Å². The van der Waals surface area contributed by atoms with Gasteiger partial charge in [0.1, 0.15) is 11.7 Å². The third kappa shape index (κ3) is 5.65. The molecule has 1 fully saturated rings. The van der Waals surface area contributed by atoms with Crippen LogP contribution in [0.4, 0.5) is 4.39 Å². The van der Waals surface area contributed by atoms with Gasteiger partial charge in [0.05, 0.1) is 24.7 Å². The van der Waals surface area contributed by atoms with Gasteiger partial charge in [0.25, 0.3) is 0 Å². The predicted octanol–water partition coefficient (Wildman–Crippen LogP) is 3.26. The molecule has 1 aliphatic carbocycles. The molecule has 0 amide bonds. The van der Waals surface area contributed by atoms with Crippen molar-refractivity contribution in [3.05, 3.63) is 35.6 Å². The number of esters is 2. The number of Topliss-reactive ketones (excluding diaryl/α,β-unsaturated/α-hetero) is 1. The SMILES string of the molecule is CC(C)COC(=O)[C@H]1C(=O)C[C@](C)(O)[C@@H](C(=O)OCC(C)C)[C@@H]1c1ccc(F)cc1. The number of hydrogen-bond donors (Lipinski definition) is 1. The first kappa shape index (κ1) is 24.0. The van der Waals surface area contributed by atoms with Gasteiger partial charge in [-0.2, -0.15) is 0 Å². The number of rotatable bonds is 7. The molecular weight excluding hydrogens is 391 g/mol. The molecule has 0 aliphatic heterocycles. The van der Waals surface area contributed by atoms with Crippen LogP contribution in [-0.2, 0) is 23.9 Å². The molecular formula is C23H31FO6. The normalized spacial score (nSPS) is 26.7. The van der Waals surface area contributed by atoms with Crippen molar-refractivity contribution in [2.24, 2.45) is 23.7 Å². The molecule has 1 aliphatic rings. The summed E-state index contributed by atoms with van der Waals surface area (Å²) >= 11 is 0. The van der Waals surface area contributed by atoms with E-state index in [-0.39, 0.29) is 31.5 Å². The van der Waals surface area contributed by atoms with Gasteiger partial charge in [0.15, 0.2) is 5.78 Å². The Morgan fingerprint density at radius 2 is 1.57 bits per heavy atom. The van der Waals surface area contributed by atoms with E-state index in [0.717, 1.165) is 0 Å². The van der Waals surface area contributed by atoms with Gasteiger partial charge >= 0.3 is 11.9 Å². The molecule has 30 heavy (non-hydrogen) atoms. The van der Waals surface area contributed by atoms with E-state index >= 15 is 0 Å². The van der Waals surface area contributed by atoms with Crippen LogP contribution in [0.15, 0.2) is 24.3 Å². The molecule has 0 aromatic heterocycles. The summed E-state index contributed by atoms with van der Waals surface area (Å²) in [5.74, 6) is -5.82. The fraction of sp³-hybridized carbons (Fsp3) is 0.609. The summed E-state index contributed by atoms with van der Waals surface area (Å²) in [5, 5.41) is 11.0. The molecule has 0 spiro atoms. The van der Waals surface area contributed by atoms with Gasteiger partial charge in [0.2, 0.25) is 0 Å². The second-order valence-corrected chi connectivity index (χ2v) is 9.08. The van der Waals surface area contributed by atoms with E-state index in [1.165, 1.54) is 31.2 Å². The lowest BCUT2D eigenvalue weighted by atomic mass is 9.61. The third-order valence-corrected chi connectivity index (χ3v) is 5.15. The molecule has 0 unspecified atom stereocenters. The van der Waals surface area contributed by atoms with Crippen molar-refractivity contribution in [3.63, 3.8) is 0 Å². The first-order valence-corrected chi connectivity index (χ1v) is 10.3. The molecule has 1 saturated carbocycles. The van der Waals surface area contributed by atoms with Crippen molar-refractivity contribution in [1.29, 1.82) is 0 Å². The van der Waals surface area contributed by atoms with Gasteiger partial charge < -0.3 is 14.6 Å². The first-order chi connectivity index (χ1) is 13.9. The van der Waals surface area contributed by atoms with Crippen LogP contribution in [0.1, 0.15) is 52.5 Å². The second kappa shape index (κ2) is 9.69. The molecule has 4 atom stereocenters. The number of ketones is 1. The highest BCUT2D eigenvalue weighted by Crippen LogP contribution is 2.46. The summed E-state index contributed by atoms with van der Waals surface area (Å²) in [5.41, 5.74) is -1.33. The zero-order chi connectivity index (χ0) is 22.6. The Bertz CT molecular complexity index is 768. The van der Waals surface area contributed by atoms with Crippen LogP contribution >= 0.6 is 0 Å². The average Bonchev–Trinajstić information content (AvgIpc) is 2.63. The zero-order valence-corrected chi connectivity index (χ0v) is 18.2. The molecule has 1 aromatic rings. The summed E-state index contributed by atoms with van der Waals surface area (Å²) in [6, 6.07) is 5.21. The fourth-order valence-corrected chi connectivity index (χ4v) is 3.78. The summed E-state index contributed by atoms with van der Waals surface area (Å²) < 4.78 is 24.2. The third-order valence-electron chi connectivity index (χ3n) is 5.15. The number of ether oxygens (including phenoxy) is 2. The van der Waals surface area contributed by atoms with Crippen molar-refractivity contribution in [3.8, 4) is 0 Å². The molecule has 0 bridgehead atoms. The maximum Gasteiger partial charge on any atom is 0.317 e. The Hall–Kier alpha value is -2.28. The summed E-state index contributed by atoms with van der Waals surface area (Å²) in [6.07, 6.45) is -0.381. The zero-order valence-electron chi connectivity index (χ0n) is 18.2. The van der Waals surface area contributed by atoms with E-state index in [0.29, 0.717) is 5.56 Å². The minimum absolute atomic E-state index is 0.0619. The molecule has 2 rings (SSSR count). The van der Waals surface area contributed by atoms with E-state index in [9.17, 15) is 23.9 Å². The van der Waals surface area contributed by atoms with Gasteiger partial charge in [-0.1, -0.05) is 39.8 Å². The van der Waals surface area contributed by atoms with Crippen LogP contribution in [0.25, 0.3) is 0 Å². The van der Waals surface area contributed by atoms with Crippen LogP contribution in [0.5, 0.6) is 0 Å². The van der Waals surface area contributed by atoms with E-state index in [4.69, 9.17) is 9.47 Å². The Morgan fingerprint density at radius 3 is 2.07 bits per heavy atom. The van der Waals surface area contributed by atoms with Crippen LogP contribution in [-0.4, -0.2) is 41.6 Å². The van der Waals surface area contributed by atoms with E-state index < -0.39 is 46.9 Å². The maximum absolute atomic E-state index is 13.5. The smallest absolute Gasteiger partial charge is 0.317 e. The van der Waals surface area contributed by atoms with Crippen molar-refractivity contribution in [2.75, 3.05) is 13.2 Å². The average molecular weight is 422 g/mol.